The lowest BCUT2D eigenvalue weighted by Crippen LogP contribution is -2.50. The monoisotopic (exact) mass is 391 g/mol. The van der Waals surface area contributed by atoms with Gasteiger partial charge in [0, 0.05) is 56.5 Å². The molecule has 3 heterocycles. The van der Waals surface area contributed by atoms with Crippen LogP contribution in [0, 0.1) is 0 Å². The Bertz CT molecular complexity index is 638. The van der Waals surface area contributed by atoms with Crippen molar-refractivity contribution in [3.8, 4) is 0 Å². The Labute approximate surface area is 167 Å². The van der Waals surface area contributed by atoms with Gasteiger partial charge in [0.15, 0.2) is 5.96 Å². The molecule has 6 nitrogen and oxygen atoms in total. The fraction of sp³-hybridized carbons (Fsp3) is 0.700. The van der Waals surface area contributed by atoms with E-state index in [4.69, 9.17) is 4.74 Å². The molecule has 1 aromatic heterocycles. The number of nitrogens with one attached hydrogen (secondary N) is 1. The third-order valence-electron chi connectivity index (χ3n) is 4.94. The number of anilines is 1. The molecule has 2 aliphatic heterocycles. The van der Waals surface area contributed by atoms with Crippen LogP contribution in [-0.4, -0.2) is 71.8 Å². The highest BCUT2D eigenvalue weighted by atomic mass is 32.2. The average molecular weight is 392 g/mol. The number of nitrogens with zero attached hydrogens (tertiary/aromatic N) is 4. The van der Waals surface area contributed by atoms with Crippen LogP contribution in [0.1, 0.15) is 33.3 Å². The Kier molecular flexibility index (Phi) is 6.52. The second kappa shape index (κ2) is 8.69. The molecule has 2 aliphatic rings. The quantitative estimate of drug-likeness (QED) is 0.631. The lowest BCUT2D eigenvalue weighted by Gasteiger charge is -2.39. The molecule has 1 aromatic rings. The zero-order valence-corrected chi connectivity index (χ0v) is 18.1. The number of pyridine rings is 1. The molecule has 0 aliphatic carbocycles. The van der Waals surface area contributed by atoms with Gasteiger partial charge in [-0.3, -0.25) is 4.99 Å². The number of hydrogen-bond donors (Lipinski definition) is 1. The number of ether oxygens (including phenoxy) is 1. The van der Waals surface area contributed by atoms with Crippen molar-refractivity contribution in [1.82, 2.24) is 15.2 Å². The zero-order chi connectivity index (χ0) is 19.4. The summed E-state index contributed by atoms with van der Waals surface area (Å²) in [4.78, 5) is 13.8. The smallest absolute Gasteiger partial charge is 0.193 e. The van der Waals surface area contributed by atoms with Crippen molar-refractivity contribution in [2.24, 2.45) is 4.99 Å². The molecular weight excluding hydrogens is 358 g/mol. The van der Waals surface area contributed by atoms with Crippen molar-refractivity contribution < 1.29 is 4.74 Å². The molecule has 2 atom stereocenters. The summed E-state index contributed by atoms with van der Waals surface area (Å²) in [5, 5.41) is 3.50. The first-order valence-electron chi connectivity index (χ1n) is 9.81. The Morgan fingerprint density at radius 3 is 2.67 bits per heavy atom. The largest absolute Gasteiger partial charge is 0.372 e. The molecule has 3 rings (SSSR count). The Hall–Kier alpha value is -1.47. The molecule has 7 heteroatoms. The highest BCUT2D eigenvalue weighted by molar-refractivity contribution is 8.00. The van der Waals surface area contributed by atoms with Crippen LogP contribution in [0.5, 0.6) is 0 Å². The van der Waals surface area contributed by atoms with Crippen LogP contribution in [-0.2, 0) is 11.3 Å². The van der Waals surface area contributed by atoms with Crippen molar-refractivity contribution in [3.63, 3.8) is 0 Å². The molecule has 2 saturated heterocycles. The van der Waals surface area contributed by atoms with Gasteiger partial charge in [0.05, 0.1) is 12.2 Å². The normalized spacial score (nSPS) is 26.2. The summed E-state index contributed by atoms with van der Waals surface area (Å²) in [7, 11) is 1.86. The molecule has 0 aromatic carbocycles. The summed E-state index contributed by atoms with van der Waals surface area (Å²) < 4.78 is 6.08. The van der Waals surface area contributed by atoms with E-state index in [0.29, 0.717) is 0 Å². The predicted molar refractivity (Wildman–Crippen MR) is 115 cm³/mol. The van der Waals surface area contributed by atoms with E-state index >= 15 is 0 Å². The predicted octanol–water partition coefficient (Wildman–Crippen LogP) is 2.60. The first kappa shape index (κ1) is 20.3. The number of aromatic nitrogens is 1. The minimum absolute atomic E-state index is 0.243. The highest BCUT2D eigenvalue weighted by Gasteiger charge is 2.28. The summed E-state index contributed by atoms with van der Waals surface area (Å²) in [6, 6.07) is 4.27. The van der Waals surface area contributed by atoms with E-state index in [-0.39, 0.29) is 17.0 Å². The molecule has 0 saturated carbocycles. The van der Waals surface area contributed by atoms with Gasteiger partial charge >= 0.3 is 0 Å². The summed E-state index contributed by atoms with van der Waals surface area (Å²) >= 11 is 2.03. The highest BCUT2D eigenvalue weighted by Crippen LogP contribution is 2.29. The number of aliphatic imine (C=N–C) groups is 1. The van der Waals surface area contributed by atoms with Crippen LogP contribution in [0.4, 0.5) is 5.82 Å². The molecule has 2 fully saturated rings. The van der Waals surface area contributed by atoms with Crippen molar-refractivity contribution in [2.45, 2.75) is 51.2 Å². The second-order valence-electron chi connectivity index (χ2n) is 8.12. The van der Waals surface area contributed by atoms with Crippen LogP contribution in [0.15, 0.2) is 23.3 Å². The molecule has 0 radical (unpaired) electrons. The first-order chi connectivity index (χ1) is 12.9. The molecule has 27 heavy (non-hydrogen) atoms. The molecule has 2 unspecified atom stereocenters. The third kappa shape index (κ3) is 5.51. The van der Waals surface area contributed by atoms with Gasteiger partial charge in [0.2, 0.25) is 0 Å². The number of hydrogen-bond acceptors (Lipinski definition) is 5. The minimum atomic E-state index is 0.243. The number of morpholine rings is 1. The molecule has 150 valence electrons. The lowest BCUT2D eigenvalue weighted by molar-refractivity contribution is -0.00545. The summed E-state index contributed by atoms with van der Waals surface area (Å²) in [5.74, 6) is 3.14. The maximum atomic E-state index is 5.81. The summed E-state index contributed by atoms with van der Waals surface area (Å²) in [6.07, 6.45) is 2.45. The molecule has 0 spiro atoms. The van der Waals surface area contributed by atoms with Crippen molar-refractivity contribution >= 4 is 23.5 Å². The Balaban J connectivity index is 1.56. The summed E-state index contributed by atoms with van der Waals surface area (Å²) in [5.41, 5.74) is 1.17. The van der Waals surface area contributed by atoms with Crippen LogP contribution in [0.2, 0.25) is 0 Å². The van der Waals surface area contributed by atoms with Crippen molar-refractivity contribution in [1.29, 1.82) is 0 Å². The molecule has 0 bridgehead atoms. The van der Waals surface area contributed by atoms with Gasteiger partial charge in [-0.05, 0) is 39.3 Å². The van der Waals surface area contributed by atoms with Crippen LogP contribution < -0.4 is 10.2 Å². The SMILES string of the molecule is CN=C(NCc1ccc(N2CC(C)OC(C)C2)nc1)N1CCSC(C)(C)C1. The van der Waals surface area contributed by atoms with Gasteiger partial charge in [-0.2, -0.15) is 11.8 Å². The molecule has 1 N–H and O–H groups in total. The van der Waals surface area contributed by atoms with E-state index in [2.05, 4.69) is 64.9 Å². The topological polar surface area (TPSA) is 53.0 Å². The van der Waals surface area contributed by atoms with Gasteiger partial charge in [-0.25, -0.2) is 4.98 Å². The number of guanidine groups is 1. The van der Waals surface area contributed by atoms with Crippen LogP contribution >= 0.6 is 11.8 Å². The van der Waals surface area contributed by atoms with E-state index in [9.17, 15) is 0 Å². The maximum Gasteiger partial charge on any atom is 0.193 e. The van der Waals surface area contributed by atoms with Gasteiger partial charge in [0.1, 0.15) is 5.82 Å². The van der Waals surface area contributed by atoms with E-state index < -0.39 is 0 Å². The Morgan fingerprint density at radius 2 is 2.07 bits per heavy atom. The zero-order valence-electron chi connectivity index (χ0n) is 17.2. The summed E-state index contributed by atoms with van der Waals surface area (Å²) in [6.45, 7) is 13.4. The van der Waals surface area contributed by atoms with Crippen LogP contribution in [0.3, 0.4) is 0 Å². The van der Waals surface area contributed by atoms with E-state index in [1.807, 2.05) is 25.0 Å². The van der Waals surface area contributed by atoms with Crippen LogP contribution in [0.25, 0.3) is 0 Å². The van der Waals surface area contributed by atoms with Crippen molar-refractivity contribution in [3.05, 3.63) is 23.9 Å². The van der Waals surface area contributed by atoms with E-state index in [1.165, 1.54) is 5.56 Å². The van der Waals surface area contributed by atoms with Gasteiger partial charge in [0.25, 0.3) is 0 Å². The maximum absolute atomic E-state index is 5.81. The van der Waals surface area contributed by atoms with Gasteiger partial charge < -0.3 is 19.9 Å². The fourth-order valence-electron chi connectivity index (χ4n) is 3.78. The first-order valence-corrected chi connectivity index (χ1v) is 10.8. The van der Waals surface area contributed by atoms with E-state index in [0.717, 1.165) is 50.3 Å². The third-order valence-corrected chi connectivity index (χ3v) is 6.24. The number of rotatable bonds is 3. The number of thioether (sulfide) groups is 1. The lowest BCUT2D eigenvalue weighted by atomic mass is 10.2. The Morgan fingerprint density at radius 1 is 1.33 bits per heavy atom. The second-order valence-corrected chi connectivity index (χ2v) is 9.92. The minimum Gasteiger partial charge on any atom is -0.372 e. The van der Waals surface area contributed by atoms with Gasteiger partial charge in [-0.15, -0.1) is 0 Å². The van der Waals surface area contributed by atoms with Crippen molar-refractivity contribution in [2.75, 3.05) is 43.9 Å². The van der Waals surface area contributed by atoms with E-state index in [1.54, 1.807) is 0 Å². The molecule has 0 amide bonds. The standard InChI is InChI=1S/C20H33N5OS/c1-15-12-25(13-16(2)26-15)18-7-6-17(10-22-18)11-23-19(21-5)24-8-9-27-20(3,4)14-24/h6-7,10,15-16H,8-9,11-14H2,1-5H3,(H,21,23). The fourth-order valence-corrected chi connectivity index (χ4v) is 4.90. The molecular formula is C20H33N5OS. The average Bonchev–Trinajstić information content (AvgIpc) is 2.61. The van der Waals surface area contributed by atoms with Gasteiger partial charge in [-0.1, -0.05) is 6.07 Å².